The fourth-order valence-electron chi connectivity index (χ4n) is 3.05. The lowest BCUT2D eigenvalue weighted by Crippen LogP contribution is -2.30. The molecule has 3 rings (SSSR count). The Morgan fingerprint density at radius 1 is 1.04 bits per heavy atom. The van der Waals surface area contributed by atoms with Crippen LogP contribution in [0.15, 0.2) is 54.2 Å². The molecule has 0 aromatic heterocycles. The molecule has 1 aliphatic rings. The molecule has 1 N–H and O–H groups in total. The lowest BCUT2D eigenvalue weighted by molar-refractivity contribution is -0.123. The maximum absolute atomic E-state index is 13.8. The molecule has 2 aromatic rings. The minimum Gasteiger partial charge on any atom is -0.372 e. The third-order valence-corrected chi connectivity index (χ3v) is 4.58. The largest absolute Gasteiger partial charge is 0.372 e. The van der Waals surface area contributed by atoms with Gasteiger partial charge in [-0.05, 0) is 43.7 Å². The highest BCUT2D eigenvalue weighted by atomic mass is 19.1. The minimum atomic E-state index is -0.547. The first-order valence-electron chi connectivity index (χ1n) is 8.96. The van der Waals surface area contributed by atoms with E-state index in [1.165, 1.54) is 6.07 Å². The molecule has 140 valence electrons. The predicted octanol–water partition coefficient (Wildman–Crippen LogP) is 3.76. The number of nitrogens with zero attached hydrogens (tertiary/aromatic N) is 2. The monoisotopic (exact) mass is 367 g/mol. The Balaban J connectivity index is 1.77. The zero-order valence-corrected chi connectivity index (χ0v) is 15.4. The van der Waals surface area contributed by atoms with Crippen LogP contribution < -0.4 is 10.2 Å². The minimum absolute atomic E-state index is 0.102. The zero-order chi connectivity index (χ0) is 19.4. The number of amides is 3. The van der Waals surface area contributed by atoms with Crippen LogP contribution in [0.25, 0.3) is 6.08 Å². The molecule has 0 saturated carbocycles. The number of hydrogen-bond acceptors (Lipinski definition) is 3. The average molecular weight is 367 g/mol. The third-order valence-electron chi connectivity index (χ3n) is 4.58. The first-order valence-corrected chi connectivity index (χ1v) is 8.96. The maximum Gasteiger partial charge on any atom is 0.329 e. The number of rotatable bonds is 6. The molecule has 5 nitrogen and oxygen atoms in total. The van der Waals surface area contributed by atoms with E-state index in [1.54, 1.807) is 24.3 Å². The van der Waals surface area contributed by atoms with Gasteiger partial charge >= 0.3 is 6.03 Å². The first-order chi connectivity index (χ1) is 13.0. The van der Waals surface area contributed by atoms with Gasteiger partial charge in [-0.15, -0.1) is 0 Å². The van der Waals surface area contributed by atoms with Gasteiger partial charge in [0.1, 0.15) is 11.5 Å². The Labute approximate surface area is 158 Å². The standard InChI is InChI=1S/C21H22FN3O2/c1-3-24(4-2)17-11-9-15(10-12-17)13-19-20(26)25(21(27)23-19)14-16-7-5-6-8-18(16)22/h5-13H,3-4,14H2,1-2H3,(H,23,27)/b19-13-. The van der Waals surface area contributed by atoms with Crippen molar-refractivity contribution in [3.05, 3.63) is 71.2 Å². The van der Waals surface area contributed by atoms with Crippen LogP contribution >= 0.6 is 0 Å². The number of benzene rings is 2. The van der Waals surface area contributed by atoms with Gasteiger partial charge in [0, 0.05) is 24.3 Å². The number of carbonyl (C=O) groups is 2. The second-order valence-electron chi connectivity index (χ2n) is 6.23. The quantitative estimate of drug-likeness (QED) is 0.625. The van der Waals surface area contributed by atoms with E-state index in [0.717, 1.165) is 29.2 Å². The molecule has 1 aliphatic heterocycles. The van der Waals surface area contributed by atoms with E-state index in [2.05, 4.69) is 24.1 Å². The maximum atomic E-state index is 13.8. The van der Waals surface area contributed by atoms with E-state index in [0.29, 0.717) is 5.56 Å². The van der Waals surface area contributed by atoms with Gasteiger partial charge in [0.05, 0.1) is 6.54 Å². The fraction of sp³-hybridized carbons (Fsp3) is 0.238. The molecule has 3 amide bonds. The molecule has 0 unspecified atom stereocenters. The molecular formula is C21H22FN3O2. The topological polar surface area (TPSA) is 52.7 Å². The second kappa shape index (κ2) is 8.03. The van der Waals surface area contributed by atoms with Crippen LogP contribution in [0.5, 0.6) is 0 Å². The van der Waals surface area contributed by atoms with E-state index in [-0.39, 0.29) is 12.2 Å². The van der Waals surface area contributed by atoms with Gasteiger partial charge in [-0.1, -0.05) is 30.3 Å². The van der Waals surface area contributed by atoms with Gasteiger partial charge in [0.15, 0.2) is 0 Å². The highest BCUT2D eigenvalue weighted by Crippen LogP contribution is 2.20. The summed E-state index contributed by atoms with van der Waals surface area (Å²) in [6, 6.07) is 13.3. The second-order valence-corrected chi connectivity index (χ2v) is 6.23. The van der Waals surface area contributed by atoms with Crippen LogP contribution in [0, 0.1) is 5.82 Å². The Morgan fingerprint density at radius 2 is 1.70 bits per heavy atom. The van der Waals surface area contributed by atoms with Gasteiger partial charge < -0.3 is 10.2 Å². The van der Waals surface area contributed by atoms with Gasteiger partial charge in [0.25, 0.3) is 5.91 Å². The summed E-state index contributed by atoms with van der Waals surface area (Å²) >= 11 is 0. The van der Waals surface area contributed by atoms with Crippen LogP contribution in [0.2, 0.25) is 0 Å². The van der Waals surface area contributed by atoms with Crippen molar-refractivity contribution in [2.45, 2.75) is 20.4 Å². The Hall–Kier alpha value is -3.15. The fourth-order valence-corrected chi connectivity index (χ4v) is 3.05. The highest BCUT2D eigenvalue weighted by molar-refractivity contribution is 6.13. The molecule has 0 radical (unpaired) electrons. The molecule has 0 atom stereocenters. The van der Waals surface area contributed by atoms with E-state index < -0.39 is 17.8 Å². The number of carbonyl (C=O) groups excluding carboxylic acids is 2. The Morgan fingerprint density at radius 3 is 2.33 bits per heavy atom. The summed E-state index contributed by atoms with van der Waals surface area (Å²) in [5.74, 6) is -0.904. The van der Waals surface area contributed by atoms with Crippen molar-refractivity contribution in [2.24, 2.45) is 0 Å². The summed E-state index contributed by atoms with van der Waals surface area (Å²) in [4.78, 5) is 27.9. The summed E-state index contributed by atoms with van der Waals surface area (Å²) in [5.41, 5.74) is 2.39. The smallest absolute Gasteiger partial charge is 0.329 e. The SMILES string of the molecule is CCN(CC)c1ccc(/C=C2\NC(=O)N(Cc3ccccc3F)C2=O)cc1. The number of nitrogens with one attached hydrogen (secondary N) is 1. The van der Waals surface area contributed by atoms with Crippen molar-refractivity contribution in [3.8, 4) is 0 Å². The molecule has 2 aromatic carbocycles. The van der Waals surface area contributed by atoms with Crippen molar-refractivity contribution >= 4 is 23.7 Å². The number of halogens is 1. The number of anilines is 1. The Bertz CT molecular complexity index is 873. The van der Waals surface area contributed by atoms with Crippen molar-refractivity contribution < 1.29 is 14.0 Å². The number of urea groups is 1. The van der Waals surface area contributed by atoms with Crippen LogP contribution in [0.1, 0.15) is 25.0 Å². The summed E-state index contributed by atoms with van der Waals surface area (Å²) in [5, 5.41) is 2.57. The lowest BCUT2D eigenvalue weighted by atomic mass is 10.1. The van der Waals surface area contributed by atoms with Crippen LogP contribution in [0.3, 0.4) is 0 Å². The molecule has 0 spiro atoms. The van der Waals surface area contributed by atoms with Crippen molar-refractivity contribution in [2.75, 3.05) is 18.0 Å². The summed E-state index contributed by atoms with van der Waals surface area (Å²) < 4.78 is 13.8. The molecule has 1 fully saturated rings. The van der Waals surface area contributed by atoms with E-state index in [1.807, 2.05) is 24.3 Å². The van der Waals surface area contributed by atoms with E-state index in [4.69, 9.17) is 0 Å². The average Bonchev–Trinajstić information content (AvgIpc) is 2.93. The molecule has 0 bridgehead atoms. The molecule has 27 heavy (non-hydrogen) atoms. The van der Waals surface area contributed by atoms with Crippen molar-refractivity contribution in [1.82, 2.24) is 10.2 Å². The predicted molar refractivity (Wildman–Crippen MR) is 103 cm³/mol. The molecule has 0 aliphatic carbocycles. The molecule has 1 heterocycles. The summed E-state index contributed by atoms with van der Waals surface area (Å²) in [7, 11) is 0. The van der Waals surface area contributed by atoms with Crippen LogP contribution in [0.4, 0.5) is 14.9 Å². The van der Waals surface area contributed by atoms with Gasteiger partial charge in [-0.3, -0.25) is 9.69 Å². The summed E-state index contributed by atoms with van der Waals surface area (Å²) in [6.07, 6.45) is 1.63. The molecule has 1 saturated heterocycles. The normalized spacial score (nSPS) is 15.4. The lowest BCUT2D eigenvalue weighted by Gasteiger charge is -2.20. The highest BCUT2D eigenvalue weighted by Gasteiger charge is 2.33. The zero-order valence-electron chi connectivity index (χ0n) is 15.4. The van der Waals surface area contributed by atoms with Gasteiger partial charge in [0.2, 0.25) is 0 Å². The van der Waals surface area contributed by atoms with Crippen LogP contribution in [-0.4, -0.2) is 29.9 Å². The summed E-state index contributed by atoms with van der Waals surface area (Å²) in [6.45, 7) is 5.91. The molecular weight excluding hydrogens is 345 g/mol. The first kappa shape index (κ1) is 18.6. The third kappa shape index (κ3) is 4.00. The Kier molecular flexibility index (Phi) is 5.54. The van der Waals surface area contributed by atoms with E-state index >= 15 is 0 Å². The van der Waals surface area contributed by atoms with E-state index in [9.17, 15) is 14.0 Å². The van der Waals surface area contributed by atoms with Gasteiger partial charge in [-0.25, -0.2) is 9.18 Å². The molecule has 6 heteroatoms. The van der Waals surface area contributed by atoms with Crippen LogP contribution in [-0.2, 0) is 11.3 Å². The van der Waals surface area contributed by atoms with Gasteiger partial charge in [-0.2, -0.15) is 0 Å². The number of hydrogen-bond donors (Lipinski definition) is 1. The number of imide groups is 1. The van der Waals surface area contributed by atoms with Crippen molar-refractivity contribution in [1.29, 1.82) is 0 Å². The van der Waals surface area contributed by atoms with Crippen molar-refractivity contribution in [3.63, 3.8) is 0 Å².